The van der Waals surface area contributed by atoms with Gasteiger partial charge < -0.3 is 4.98 Å². The van der Waals surface area contributed by atoms with Crippen molar-refractivity contribution in [3.63, 3.8) is 0 Å². The fraction of sp³-hybridized carbons (Fsp3) is 0. The van der Waals surface area contributed by atoms with Crippen molar-refractivity contribution >= 4 is 50.0 Å². The lowest BCUT2D eigenvalue weighted by Crippen LogP contribution is -2.03. The smallest absolute Gasteiger partial charge is 0.205 e. The number of aromatic amines is 1. The maximum Gasteiger partial charge on any atom is 0.205 e. The average molecular weight is 293 g/mol. The Kier molecular flexibility index (Phi) is 2.56. The monoisotopic (exact) mass is 291 g/mol. The highest BCUT2D eigenvalue weighted by Crippen LogP contribution is 2.25. The summed E-state index contributed by atoms with van der Waals surface area (Å²) >= 11 is 14.8. The first-order chi connectivity index (χ1) is 6.59. The minimum Gasteiger partial charge on any atom is -0.360 e. The molecule has 2 nitrogen and oxygen atoms in total. The number of rotatable bonds is 0. The molecule has 0 saturated heterocycles. The maximum absolute atomic E-state index is 11.7. The zero-order valence-electron chi connectivity index (χ0n) is 6.77. The van der Waals surface area contributed by atoms with Gasteiger partial charge in [-0.2, -0.15) is 0 Å². The standard InChI is InChI=1S/C9H4BrCl2NO/c10-5-3-13-7-2-4(11)1-6(12)8(7)9(5)14/h1-3H,(H,13,14). The summed E-state index contributed by atoms with van der Waals surface area (Å²) in [6.07, 6.45) is 1.57. The third kappa shape index (κ3) is 1.56. The first kappa shape index (κ1) is 10.0. The molecule has 14 heavy (non-hydrogen) atoms. The van der Waals surface area contributed by atoms with Gasteiger partial charge in [-0.05, 0) is 28.1 Å². The van der Waals surface area contributed by atoms with Gasteiger partial charge in [0.15, 0.2) is 0 Å². The second kappa shape index (κ2) is 3.57. The summed E-state index contributed by atoms with van der Waals surface area (Å²) in [4.78, 5) is 14.6. The van der Waals surface area contributed by atoms with E-state index in [4.69, 9.17) is 23.2 Å². The van der Waals surface area contributed by atoms with Crippen LogP contribution in [0.1, 0.15) is 0 Å². The van der Waals surface area contributed by atoms with Gasteiger partial charge >= 0.3 is 0 Å². The number of hydrogen-bond donors (Lipinski definition) is 1. The predicted octanol–water partition coefficient (Wildman–Crippen LogP) is 3.60. The SMILES string of the molecule is O=c1c(Br)c[nH]c2cc(Cl)cc(Cl)c12. The van der Waals surface area contributed by atoms with Crippen molar-refractivity contribution in [2.45, 2.75) is 0 Å². The van der Waals surface area contributed by atoms with Crippen LogP contribution in [0.4, 0.5) is 0 Å². The van der Waals surface area contributed by atoms with E-state index < -0.39 is 0 Å². The van der Waals surface area contributed by atoms with E-state index in [9.17, 15) is 4.79 Å². The van der Waals surface area contributed by atoms with E-state index in [0.29, 0.717) is 25.4 Å². The molecule has 0 aliphatic rings. The second-order valence-corrected chi connectivity index (χ2v) is 4.47. The lowest BCUT2D eigenvalue weighted by atomic mass is 10.2. The van der Waals surface area contributed by atoms with Crippen LogP contribution in [0.2, 0.25) is 10.0 Å². The Labute approximate surface area is 98.0 Å². The molecule has 72 valence electrons. The molecule has 5 heteroatoms. The van der Waals surface area contributed by atoms with Gasteiger partial charge in [-0.3, -0.25) is 4.79 Å². The molecule has 0 atom stereocenters. The van der Waals surface area contributed by atoms with Crippen molar-refractivity contribution < 1.29 is 0 Å². The van der Waals surface area contributed by atoms with Crippen molar-refractivity contribution in [3.8, 4) is 0 Å². The summed E-state index contributed by atoms with van der Waals surface area (Å²) in [6, 6.07) is 3.21. The van der Waals surface area contributed by atoms with Crippen molar-refractivity contribution in [1.29, 1.82) is 0 Å². The summed E-state index contributed by atoms with van der Waals surface area (Å²) in [5.74, 6) is 0. The molecule has 2 rings (SSSR count). The molecule has 0 aliphatic heterocycles. The Bertz CT molecular complexity index is 564. The summed E-state index contributed by atoms with van der Waals surface area (Å²) in [5, 5.41) is 1.31. The molecule has 0 amide bonds. The Morgan fingerprint density at radius 1 is 1.29 bits per heavy atom. The van der Waals surface area contributed by atoms with Crippen LogP contribution in [-0.2, 0) is 0 Å². The van der Waals surface area contributed by atoms with Gasteiger partial charge in [-0.1, -0.05) is 23.2 Å². The number of hydrogen-bond acceptors (Lipinski definition) is 1. The number of fused-ring (bicyclic) bond motifs is 1. The number of pyridine rings is 1. The molecule has 0 fully saturated rings. The first-order valence-electron chi connectivity index (χ1n) is 3.75. The van der Waals surface area contributed by atoms with Crippen LogP contribution < -0.4 is 5.43 Å². The minimum absolute atomic E-state index is 0.139. The number of nitrogens with one attached hydrogen (secondary N) is 1. The number of halogens is 3. The molecular weight excluding hydrogens is 289 g/mol. The normalized spacial score (nSPS) is 10.8. The molecule has 0 aliphatic carbocycles. The second-order valence-electron chi connectivity index (χ2n) is 2.78. The molecule has 0 saturated carbocycles. The molecule has 1 aromatic carbocycles. The zero-order valence-corrected chi connectivity index (χ0v) is 9.87. The van der Waals surface area contributed by atoms with Crippen LogP contribution in [-0.4, -0.2) is 4.98 Å². The summed E-state index contributed by atoms with van der Waals surface area (Å²) in [6.45, 7) is 0. The number of aromatic nitrogens is 1. The topological polar surface area (TPSA) is 32.9 Å². The maximum atomic E-state index is 11.7. The Hall–Kier alpha value is -0.510. The average Bonchev–Trinajstić information content (AvgIpc) is 2.10. The highest BCUT2D eigenvalue weighted by molar-refractivity contribution is 9.10. The van der Waals surface area contributed by atoms with E-state index in [1.54, 1.807) is 18.3 Å². The van der Waals surface area contributed by atoms with Crippen molar-refractivity contribution in [3.05, 3.63) is 43.1 Å². The predicted molar refractivity (Wildman–Crippen MR) is 62.3 cm³/mol. The van der Waals surface area contributed by atoms with Gasteiger partial charge in [0.1, 0.15) is 0 Å². The molecular formula is C9H4BrCl2NO. The van der Waals surface area contributed by atoms with E-state index in [0.717, 1.165) is 0 Å². The molecule has 0 unspecified atom stereocenters. The van der Waals surface area contributed by atoms with E-state index in [-0.39, 0.29) is 5.43 Å². The van der Waals surface area contributed by atoms with E-state index in [1.165, 1.54) is 0 Å². The van der Waals surface area contributed by atoms with Crippen molar-refractivity contribution in [2.24, 2.45) is 0 Å². The van der Waals surface area contributed by atoms with Gasteiger partial charge in [0.2, 0.25) is 5.43 Å². The largest absolute Gasteiger partial charge is 0.360 e. The molecule has 2 aromatic rings. The van der Waals surface area contributed by atoms with E-state index in [1.807, 2.05) is 0 Å². The number of benzene rings is 1. The third-order valence-corrected chi connectivity index (χ3v) is 2.96. The summed E-state index contributed by atoms with van der Waals surface area (Å²) < 4.78 is 0.453. The van der Waals surface area contributed by atoms with Gasteiger partial charge in [0.05, 0.1) is 20.4 Å². The molecule has 0 radical (unpaired) electrons. The molecule has 0 bridgehead atoms. The Morgan fingerprint density at radius 3 is 2.71 bits per heavy atom. The third-order valence-electron chi connectivity index (χ3n) is 1.85. The lowest BCUT2D eigenvalue weighted by Gasteiger charge is -2.01. The van der Waals surface area contributed by atoms with Crippen molar-refractivity contribution in [2.75, 3.05) is 0 Å². The minimum atomic E-state index is -0.139. The fourth-order valence-electron chi connectivity index (χ4n) is 1.24. The van der Waals surface area contributed by atoms with Gasteiger partial charge in [-0.15, -0.1) is 0 Å². The van der Waals surface area contributed by atoms with Crippen LogP contribution >= 0.6 is 39.1 Å². The Morgan fingerprint density at radius 2 is 2.00 bits per heavy atom. The fourth-order valence-corrected chi connectivity index (χ4v) is 2.14. The van der Waals surface area contributed by atoms with Crippen LogP contribution in [0.25, 0.3) is 10.9 Å². The lowest BCUT2D eigenvalue weighted by molar-refractivity contribution is 1.36. The highest BCUT2D eigenvalue weighted by atomic mass is 79.9. The number of H-pyrrole nitrogens is 1. The summed E-state index contributed by atoms with van der Waals surface area (Å²) in [5.41, 5.74) is 0.496. The van der Waals surface area contributed by atoms with Crippen LogP contribution in [0.15, 0.2) is 27.6 Å². The summed E-state index contributed by atoms with van der Waals surface area (Å²) in [7, 11) is 0. The first-order valence-corrected chi connectivity index (χ1v) is 5.30. The highest BCUT2D eigenvalue weighted by Gasteiger charge is 2.07. The van der Waals surface area contributed by atoms with Crippen LogP contribution in [0.5, 0.6) is 0 Å². The van der Waals surface area contributed by atoms with E-state index >= 15 is 0 Å². The van der Waals surface area contributed by atoms with Crippen LogP contribution in [0.3, 0.4) is 0 Å². The van der Waals surface area contributed by atoms with E-state index in [2.05, 4.69) is 20.9 Å². The molecule has 1 heterocycles. The quantitative estimate of drug-likeness (QED) is 0.791. The molecule has 0 spiro atoms. The Balaban J connectivity index is 3.03. The molecule has 1 N–H and O–H groups in total. The van der Waals surface area contributed by atoms with Gasteiger partial charge in [0.25, 0.3) is 0 Å². The van der Waals surface area contributed by atoms with Crippen molar-refractivity contribution in [1.82, 2.24) is 4.98 Å². The zero-order chi connectivity index (χ0) is 10.3. The van der Waals surface area contributed by atoms with Gasteiger partial charge in [-0.25, -0.2) is 0 Å². The molecule has 1 aromatic heterocycles. The van der Waals surface area contributed by atoms with Gasteiger partial charge in [0, 0.05) is 11.2 Å². The van der Waals surface area contributed by atoms with Crippen LogP contribution in [0, 0.1) is 0 Å².